The van der Waals surface area contributed by atoms with Crippen LogP contribution in [0.5, 0.6) is 5.75 Å². The van der Waals surface area contributed by atoms with Crippen molar-refractivity contribution >= 4 is 5.91 Å². The lowest BCUT2D eigenvalue weighted by molar-refractivity contribution is 0.0949. The van der Waals surface area contributed by atoms with Gasteiger partial charge in [0.2, 0.25) is 0 Å². The van der Waals surface area contributed by atoms with Gasteiger partial charge in [-0.3, -0.25) is 4.79 Å². The summed E-state index contributed by atoms with van der Waals surface area (Å²) in [6, 6.07) is 5.23. The zero-order chi connectivity index (χ0) is 13.7. The maximum Gasteiger partial charge on any atom is 0.255 e. The summed E-state index contributed by atoms with van der Waals surface area (Å²) in [6.45, 7) is 5.86. The molecule has 0 atom stereocenters. The van der Waals surface area contributed by atoms with Gasteiger partial charge in [-0.2, -0.15) is 0 Å². The Morgan fingerprint density at radius 1 is 1.37 bits per heavy atom. The van der Waals surface area contributed by atoms with Crippen LogP contribution in [-0.4, -0.2) is 42.1 Å². The van der Waals surface area contributed by atoms with E-state index >= 15 is 0 Å². The lowest BCUT2D eigenvalue weighted by Crippen LogP contribution is -2.28. The summed E-state index contributed by atoms with van der Waals surface area (Å²) < 4.78 is 0. The quantitative estimate of drug-likeness (QED) is 0.797. The number of nitrogens with zero attached hydrogens (tertiary/aromatic N) is 1. The van der Waals surface area contributed by atoms with Crippen LogP contribution >= 0.6 is 0 Å². The van der Waals surface area contributed by atoms with E-state index in [0.717, 1.165) is 18.5 Å². The maximum absolute atomic E-state index is 11.9. The van der Waals surface area contributed by atoms with Crippen molar-refractivity contribution in [3.8, 4) is 5.75 Å². The Kier molecular flexibility index (Phi) is 4.80. The van der Waals surface area contributed by atoms with Gasteiger partial charge in [0.05, 0.1) is 5.56 Å². The monoisotopic (exact) mass is 262 g/mol. The number of phenols is 1. The Labute approximate surface area is 114 Å². The first kappa shape index (κ1) is 13.9. The maximum atomic E-state index is 11.9. The van der Waals surface area contributed by atoms with Gasteiger partial charge in [0.1, 0.15) is 5.75 Å². The third-order valence-corrected chi connectivity index (χ3v) is 3.62. The first-order valence-electron chi connectivity index (χ1n) is 6.97. The average Bonchev–Trinajstić information content (AvgIpc) is 2.91. The minimum atomic E-state index is -0.192. The van der Waals surface area contributed by atoms with Crippen molar-refractivity contribution in [3.63, 3.8) is 0 Å². The number of phenolic OH excluding ortho intramolecular Hbond substituents is 1. The Balaban J connectivity index is 1.76. The molecule has 0 aromatic heterocycles. The normalized spacial score (nSPS) is 15.6. The van der Waals surface area contributed by atoms with Gasteiger partial charge < -0.3 is 15.3 Å². The number of aryl methyl sites for hydroxylation is 1. The second kappa shape index (κ2) is 6.57. The van der Waals surface area contributed by atoms with Crippen molar-refractivity contribution < 1.29 is 9.90 Å². The van der Waals surface area contributed by atoms with Gasteiger partial charge in [-0.05, 0) is 57.5 Å². The van der Waals surface area contributed by atoms with E-state index < -0.39 is 0 Å². The molecule has 2 N–H and O–H groups in total. The lowest BCUT2D eigenvalue weighted by atomic mass is 10.1. The summed E-state index contributed by atoms with van der Waals surface area (Å²) in [6.07, 6.45) is 3.55. The van der Waals surface area contributed by atoms with E-state index in [2.05, 4.69) is 10.2 Å². The van der Waals surface area contributed by atoms with E-state index in [4.69, 9.17) is 0 Å². The molecule has 0 bridgehead atoms. The zero-order valence-electron chi connectivity index (χ0n) is 11.5. The number of hydrogen-bond donors (Lipinski definition) is 2. The predicted molar refractivity (Wildman–Crippen MR) is 75.5 cm³/mol. The van der Waals surface area contributed by atoms with Gasteiger partial charge in [0.25, 0.3) is 5.91 Å². The van der Waals surface area contributed by atoms with Crippen molar-refractivity contribution in [2.75, 3.05) is 26.2 Å². The fraction of sp³-hybridized carbons (Fsp3) is 0.533. The number of carbonyl (C=O) groups excluding carboxylic acids is 1. The molecule has 0 unspecified atom stereocenters. The van der Waals surface area contributed by atoms with Gasteiger partial charge in [0, 0.05) is 6.54 Å². The minimum Gasteiger partial charge on any atom is -0.507 e. The molecule has 1 saturated heterocycles. The summed E-state index contributed by atoms with van der Waals surface area (Å²) in [5, 5.41) is 12.7. The molecule has 1 heterocycles. The van der Waals surface area contributed by atoms with E-state index in [0.29, 0.717) is 12.1 Å². The highest BCUT2D eigenvalue weighted by Crippen LogP contribution is 2.20. The van der Waals surface area contributed by atoms with E-state index in [1.165, 1.54) is 25.9 Å². The van der Waals surface area contributed by atoms with Gasteiger partial charge in [0.15, 0.2) is 0 Å². The molecule has 2 rings (SSSR count). The van der Waals surface area contributed by atoms with E-state index in [9.17, 15) is 9.90 Å². The molecule has 1 aromatic carbocycles. The number of likely N-dealkylation sites (tertiary alicyclic amines) is 1. The highest BCUT2D eigenvalue weighted by atomic mass is 16.3. The summed E-state index contributed by atoms with van der Waals surface area (Å²) in [7, 11) is 0. The Morgan fingerprint density at radius 2 is 2.11 bits per heavy atom. The average molecular weight is 262 g/mol. The molecule has 19 heavy (non-hydrogen) atoms. The predicted octanol–water partition coefficient (Wildman–Crippen LogP) is 1.92. The molecule has 4 heteroatoms. The molecule has 1 aromatic rings. The molecule has 1 amide bonds. The largest absolute Gasteiger partial charge is 0.507 e. The smallest absolute Gasteiger partial charge is 0.255 e. The number of hydrogen-bond acceptors (Lipinski definition) is 3. The highest BCUT2D eigenvalue weighted by molar-refractivity contribution is 5.97. The number of rotatable bonds is 5. The summed E-state index contributed by atoms with van der Waals surface area (Å²) in [5.41, 5.74) is 1.09. The van der Waals surface area contributed by atoms with Gasteiger partial charge in [-0.1, -0.05) is 12.1 Å². The van der Waals surface area contributed by atoms with Crippen LogP contribution in [0.25, 0.3) is 0 Å². The van der Waals surface area contributed by atoms with Crippen molar-refractivity contribution in [2.24, 2.45) is 0 Å². The van der Waals surface area contributed by atoms with Crippen LogP contribution < -0.4 is 5.32 Å². The van der Waals surface area contributed by atoms with Gasteiger partial charge in [-0.25, -0.2) is 0 Å². The number of carbonyl (C=O) groups is 1. The standard InChI is InChI=1S/C15H22N2O2/c1-12-6-4-7-13(14(12)18)15(19)16-8-5-11-17-9-2-3-10-17/h4,6-7,18H,2-3,5,8-11H2,1H3,(H,16,19). The first-order valence-corrected chi connectivity index (χ1v) is 6.97. The van der Waals surface area contributed by atoms with Crippen LogP contribution in [0, 0.1) is 6.92 Å². The molecule has 4 nitrogen and oxygen atoms in total. The Hall–Kier alpha value is -1.55. The van der Waals surface area contributed by atoms with Crippen molar-refractivity contribution in [2.45, 2.75) is 26.2 Å². The van der Waals surface area contributed by atoms with Gasteiger partial charge >= 0.3 is 0 Å². The summed E-state index contributed by atoms with van der Waals surface area (Å²) in [5.74, 6) is -0.109. The van der Waals surface area contributed by atoms with Crippen LogP contribution in [-0.2, 0) is 0 Å². The highest BCUT2D eigenvalue weighted by Gasteiger charge is 2.13. The molecule has 1 aliphatic rings. The van der Waals surface area contributed by atoms with Crippen molar-refractivity contribution in [1.29, 1.82) is 0 Å². The molecular weight excluding hydrogens is 240 g/mol. The number of amides is 1. The van der Waals surface area contributed by atoms with Crippen LogP contribution in [0.15, 0.2) is 18.2 Å². The summed E-state index contributed by atoms with van der Waals surface area (Å²) >= 11 is 0. The number of para-hydroxylation sites is 1. The Bertz CT molecular complexity index is 440. The Morgan fingerprint density at radius 3 is 2.84 bits per heavy atom. The van der Waals surface area contributed by atoms with E-state index in [-0.39, 0.29) is 11.7 Å². The first-order chi connectivity index (χ1) is 9.18. The molecular formula is C15H22N2O2. The van der Waals surface area contributed by atoms with Crippen molar-refractivity contribution in [1.82, 2.24) is 10.2 Å². The van der Waals surface area contributed by atoms with E-state index in [1.54, 1.807) is 25.1 Å². The van der Waals surface area contributed by atoms with Crippen molar-refractivity contribution in [3.05, 3.63) is 29.3 Å². The molecule has 1 fully saturated rings. The van der Waals surface area contributed by atoms with E-state index in [1.807, 2.05) is 0 Å². The van der Waals surface area contributed by atoms with Crippen LogP contribution in [0.2, 0.25) is 0 Å². The molecule has 0 radical (unpaired) electrons. The zero-order valence-corrected chi connectivity index (χ0v) is 11.5. The molecule has 0 aliphatic carbocycles. The second-order valence-corrected chi connectivity index (χ2v) is 5.13. The number of benzene rings is 1. The lowest BCUT2D eigenvalue weighted by Gasteiger charge is -2.14. The minimum absolute atomic E-state index is 0.0829. The van der Waals surface area contributed by atoms with Gasteiger partial charge in [-0.15, -0.1) is 0 Å². The SMILES string of the molecule is Cc1cccc(C(=O)NCCCN2CCCC2)c1O. The molecule has 0 spiro atoms. The molecule has 104 valence electrons. The fourth-order valence-corrected chi connectivity index (χ4v) is 2.45. The number of aromatic hydroxyl groups is 1. The topological polar surface area (TPSA) is 52.6 Å². The third-order valence-electron chi connectivity index (χ3n) is 3.62. The third kappa shape index (κ3) is 3.70. The second-order valence-electron chi connectivity index (χ2n) is 5.13. The fourth-order valence-electron chi connectivity index (χ4n) is 2.45. The molecule has 1 aliphatic heterocycles. The van der Waals surface area contributed by atoms with Crippen LogP contribution in [0.1, 0.15) is 35.2 Å². The summed E-state index contributed by atoms with van der Waals surface area (Å²) in [4.78, 5) is 14.4. The van der Waals surface area contributed by atoms with Crippen LogP contribution in [0.4, 0.5) is 0 Å². The van der Waals surface area contributed by atoms with Crippen LogP contribution in [0.3, 0.4) is 0 Å². The number of nitrogens with one attached hydrogen (secondary N) is 1. The molecule has 0 saturated carbocycles.